The van der Waals surface area contributed by atoms with Gasteiger partial charge in [0.1, 0.15) is 12.1 Å². The van der Waals surface area contributed by atoms with Gasteiger partial charge in [0.25, 0.3) is 5.91 Å². The molecule has 63 heavy (non-hydrogen) atoms. The molecule has 5 atom stereocenters. The van der Waals surface area contributed by atoms with Crippen molar-refractivity contribution in [1.82, 2.24) is 40.3 Å². The van der Waals surface area contributed by atoms with Crippen LogP contribution in [0.5, 0.6) is 0 Å². The topological polar surface area (TPSA) is 164 Å². The molecule has 7 rings (SSSR count). The molecule has 3 aliphatic heterocycles. The third-order valence-corrected chi connectivity index (χ3v) is 12.9. The number of hydrazine groups is 1. The lowest BCUT2D eigenvalue weighted by molar-refractivity contribution is -0.155. The first-order valence-electron chi connectivity index (χ1n) is 22.4. The number of hydrogen-bond donors (Lipinski definition) is 2. The second-order valence-corrected chi connectivity index (χ2v) is 18.6. The Balaban J connectivity index is 1.26. The van der Waals surface area contributed by atoms with Crippen molar-refractivity contribution < 1.29 is 33.2 Å². The van der Waals surface area contributed by atoms with Crippen molar-refractivity contribution in [2.45, 2.75) is 104 Å². The molecule has 4 aromatic rings. The van der Waals surface area contributed by atoms with Gasteiger partial charge in [-0.15, -0.1) is 0 Å². The van der Waals surface area contributed by atoms with Gasteiger partial charge in [0.05, 0.1) is 35.8 Å². The first kappa shape index (κ1) is 45.6. The number of aromatic nitrogens is 3. The van der Waals surface area contributed by atoms with Gasteiger partial charge < -0.3 is 28.8 Å². The van der Waals surface area contributed by atoms with Crippen LogP contribution < -0.4 is 10.7 Å². The third kappa shape index (κ3) is 9.75. The Hall–Kier alpha value is -5.38. The van der Waals surface area contributed by atoms with Gasteiger partial charge >= 0.3 is 5.97 Å². The van der Waals surface area contributed by atoms with E-state index in [1.54, 1.807) is 18.2 Å². The molecule has 3 amide bonds. The molecule has 2 N–H and O–H groups in total. The maximum atomic E-state index is 14.6. The van der Waals surface area contributed by atoms with Crippen molar-refractivity contribution in [3.63, 3.8) is 0 Å². The normalized spacial score (nSPS) is 21.7. The molecule has 6 bridgehead atoms. The van der Waals surface area contributed by atoms with Crippen LogP contribution in [0.3, 0.4) is 0 Å². The number of methoxy groups -OCH3 is 1. The van der Waals surface area contributed by atoms with Gasteiger partial charge in [0.2, 0.25) is 11.8 Å². The lowest BCUT2D eigenvalue weighted by Gasteiger charge is -2.36. The molecule has 0 radical (unpaired) electrons. The number of likely N-dealkylation sites (tertiary alicyclic amines) is 1. The van der Waals surface area contributed by atoms with E-state index < -0.39 is 29.5 Å². The maximum Gasteiger partial charge on any atom is 0.324 e. The van der Waals surface area contributed by atoms with Crippen LogP contribution in [0.2, 0.25) is 0 Å². The van der Waals surface area contributed by atoms with E-state index in [-0.39, 0.29) is 48.7 Å². The molecular weight excluding hydrogens is 801 g/mol. The van der Waals surface area contributed by atoms with Crippen molar-refractivity contribution >= 4 is 34.6 Å². The van der Waals surface area contributed by atoms with Crippen LogP contribution in [0.15, 0.2) is 59.8 Å². The minimum Gasteiger partial charge on any atom is -0.464 e. The van der Waals surface area contributed by atoms with E-state index in [9.17, 15) is 19.2 Å². The zero-order valence-corrected chi connectivity index (χ0v) is 38.1. The minimum atomic E-state index is -1.03. The molecule has 3 aromatic heterocycles. The Kier molecular flexibility index (Phi) is 13.9. The highest BCUT2D eigenvalue weighted by molar-refractivity contribution is 5.95. The molecular formula is C48H64N8O7. The predicted molar refractivity (Wildman–Crippen MR) is 240 cm³/mol. The van der Waals surface area contributed by atoms with Crippen LogP contribution in [-0.2, 0) is 48.0 Å². The van der Waals surface area contributed by atoms with Crippen molar-refractivity contribution in [2.75, 3.05) is 46.9 Å². The van der Waals surface area contributed by atoms with Crippen LogP contribution >= 0.6 is 0 Å². The standard InChI is InChI=1S/C48H64N8O7/c1-10-41(57)54-21-18-31(27-54)26-53(8)43(29(3)4)45(58)50-38-23-33-24-40(63-52-33)32-16-17-39-35(22-32)36(44(55(39)11-2)34-14-12-19-49-42(34)30(5)61-9)25-48(6,7)28-62-47(60)37-15-13-20-56(51-37)46(38)59/h10,12,14,16-17,19,22,24,29-31,37-38,43,51H,1,11,13,15,18,20-21,23,25-28H2,2-9H3,(H,50,58)/t30-,31?,37-,38-,43-/m0/s1. The Morgan fingerprint density at radius 3 is 2.67 bits per heavy atom. The van der Waals surface area contributed by atoms with E-state index in [0.717, 1.165) is 45.4 Å². The van der Waals surface area contributed by atoms with E-state index in [1.807, 2.05) is 50.9 Å². The monoisotopic (exact) mass is 864 g/mol. The summed E-state index contributed by atoms with van der Waals surface area (Å²) >= 11 is 0. The van der Waals surface area contributed by atoms with Crippen molar-refractivity contribution in [1.29, 1.82) is 0 Å². The summed E-state index contributed by atoms with van der Waals surface area (Å²) in [7, 11) is 3.60. The van der Waals surface area contributed by atoms with E-state index in [1.165, 1.54) is 11.1 Å². The highest BCUT2D eigenvalue weighted by Crippen LogP contribution is 2.42. The Morgan fingerprint density at radius 1 is 1.14 bits per heavy atom. The molecule has 1 unspecified atom stereocenters. The zero-order valence-electron chi connectivity index (χ0n) is 38.1. The smallest absolute Gasteiger partial charge is 0.324 e. The first-order chi connectivity index (χ1) is 30.1. The van der Waals surface area contributed by atoms with Crippen LogP contribution in [0.1, 0.15) is 83.9 Å². The quantitative estimate of drug-likeness (QED) is 0.140. The summed E-state index contributed by atoms with van der Waals surface area (Å²) in [4.78, 5) is 63.7. The summed E-state index contributed by atoms with van der Waals surface area (Å²) in [6, 6.07) is 9.76. The van der Waals surface area contributed by atoms with Crippen LogP contribution in [0, 0.1) is 17.3 Å². The number of nitrogens with zero attached hydrogens (tertiary/aromatic N) is 6. The summed E-state index contributed by atoms with van der Waals surface area (Å²) in [6.45, 7) is 18.9. The number of benzene rings is 1. The maximum absolute atomic E-state index is 14.6. The van der Waals surface area contributed by atoms with Gasteiger partial charge in [-0.2, -0.15) is 0 Å². The van der Waals surface area contributed by atoms with Crippen molar-refractivity contribution in [3.8, 4) is 22.6 Å². The van der Waals surface area contributed by atoms with Crippen LogP contribution in [0.25, 0.3) is 33.5 Å². The Bertz CT molecular complexity index is 2330. The third-order valence-electron chi connectivity index (χ3n) is 12.9. The highest BCUT2D eigenvalue weighted by atomic mass is 16.5. The average molecular weight is 865 g/mol. The van der Waals surface area contributed by atoms with Gasteiger partial charge in [-0.25, -0.2) is 5.43 Å². The lowest BCUT2D eigenvalue weighted by Crippen LogP contribution is -2.62. The van der Waals surface area contributed by atoms with Crippen molar-refractivity contribution in [3.05, 3.63) is 72.2 Å². The number of ether oxygens (including phenoxy) is 2. The number of cyclic esters (lactones) is 1. The van der Waals surface area contributed by atoms with Gasteiger partial charge in [0.15, 0.2) is 5.76 Å². The number of carbonyl (C=O) groups excluding carboxylic acids is 4. The molecule has 0 saturated carbocycles. The van der Waals surface area contributed by atoms with Gasteiger partial charge in [0, 0.05) is 86.0 Å². The summed E-state index contributed by atoms with van der Waals surface area (Å²) in [5, 5.41) is 10.0. The number of hydrogen-bond acceptors (Lipinski definition) is 11. The zero-order chi connectivity index (χ0) is 45.2. The molecule has 338 valence electrons. The van der Waals surface area contributed by atoms with Crippen LogP contribution in [-0.4, -0.2) is 118 Å². The number of aryl methyl sites for hydroxylation is 1. The average Bonchev–Trinajstić information content (AvgIpc) is 4.02. The number of rotatable bonds is 11. The fraction of sp³-hybridized carbons (Fsp3) is 0.542. The van der Waals surface area contributed by atoms with Gasteiger partial charge in [-0.1, -0.05) is 39.4 Å². The SMILES string of the molecule is C=CC(=O)N1CCC(CN(C)[C@H](C(=O)N[C@H]2Cc3cc(on3)-c3ccc4c(c3)c(c(-c3cccnc3[C@H](C)OC)n4CC)CC(C)(C)COC(=O)[C@@H]3CCCN(N3)C2=O)C(C)C)C1. The van der Waals surface area contributed by atoms with E-state index in [0.29, 0.717) is 63.4 Å². The number of amides is 3. The van der Waals surface area contributed by atoms with Crippen molar-refractivity contribution in [2.24, 2.45) is 17.3 Å². The number of esters is 1. The van der Waals surface area contributed by atoms with Crippen LogP contribution in [0.4, 0.5) is 0 Å². The summed E-state index contributed by atoms with van der Waals surface area (Å²) < 4.78 is 20.2. The largest absolute Gasteiger partial charge is 0.464 e. The number of carbonyl (C=O) groups is 4. The molecule has 6 heterocycles. The lowest BCUT2D eigenvalue weighted by atomic mass is 9.84. The second-order valence-electron chi connectivity index (χ2n) is 18.6. The second kappa shape index (κ2) is 19.2. The van der Waals surface area contributed by atoms with E-state index in [2.05, 4.69) is 66.0 Å². The van der Waals surface area contributed by atoms with Gasteiger partial charge in [-0.3, -0.25) is 34.1 Å². The van der Waals surface area contributed by atoms with Gasteiger partial charge in [-0.05, 0) is 100 Å². The number of fused-ring (bicyclic) bond motifs is 6. The summed E-state index contributed by atoms with van der Waals surface area (Å²) in [5.41, 5.74) is 8.90. The predicted octanol–water partition coefficient (Wildman–Crippen LogP) is 5.72. The fourth-order valence-corrected chi connectivity index (χ4v) is 9.70. The Labute approximate surface area is 370 Å². The highest BCUT2D eigenvalue weighted by Gasteiger charge is 2.38. The summed E-state index contributed by atoms with van der Waals surface area (Å²) in [6.07, 6.45) is 5.37. The number of nitrogens with one attached hydrogen (secondary N) is 2. The molecule has 3 aliphatic rings. The Morgan fingerprint density at radius 2 is 1.94 bits per heavy atom. The molecule has 0 spiro atoms. The minimum absolute atomic E-state index is 0.0522. The number of likely N-dealkylation sites (N-methyl/N-ethyl adjacent to an activating group) is 1. The summed E-state index contributed by atoms with van der Waals surface area (Å²) in [5.74, 6) is -0.587. The van der Waals surface area contributed by atoms with E-state index >= 15 is 0 Å². The molecule has 1 aromatic carbocycles. The number of pyridine rings is 1. The first-order valence-corrected chi connectivity index (χ1v) is 22.4. The molecule has 2 fully saturated rings. The molecule has 2 saturated heterocycles. The molecule has 0 aliphatic carbocycles. The van der Waals surface area contributed by atoms with E-state index in [4.69, 9.17) is 19.0 Å². The molecule has 15 heteroatoms. The molecule has 15 nitrogen and oxygen atoms in total. The fourth-order valence-electron chi connectivity index (χ4n) is 9.70.